The average Bonchev–Trinajstić information content (AvgIpc) is 2.64. The third kappa shape index (κ3) is 1.33. The van der Waals surface area contributed by atoms with Gasteiger partial charge in [0.1, 0.15) is 6.10 Å². The minimum Gasteiger partial charge on any atom is -0.461 e. The van der Waals surface area contributed by atoms with Crippen molar-refractivity contribution in [1.29, 1.82) is 0 Å². The first-order valence-corrected chi connectivity index (χ1v) is 4.69. The van der Waals surface area contributed by atoms with Gasteiger partial charge in [0.2, 0.25) is 0 Å². The second kappa shape index (κ2) is 3.05. The summed E-state index contributed by atoms with van der Waals surface area (Å²) in [7, 11) is 0. The lowest BCUT2D eigenvalue weighted by Crippen LogP contribution is -2.27. The second-order valence-corrected chi connectivity index (χ2v) is 3.91. The SMILES string of the molecule is NCC(=O)OC1CC2CCC1C2. The molecule has 0 aliphatic heterocycles. The molecule has 0 aromatic carbocycles. The lowest BCUT2D eigenvalue weighted by atomic mass is 9.98. The Morgan fingerprint density at radius 2 is 2.25 bits per heavy atom. The molecule has 0 aromatic rings. The maximum atomic E-state index is 10.9. The van der Waals surface area contributed by atoms with Crippen LogP contribution in [0.25, 0.3) is 0 Å². The number of ether oxygens (including phenoxy) is 1. The Balaban J connectivity index is 1.86. The van der Waals surface area contributed by atoms with Gasteiger partial charge in [0.15, 0.2) is 0 Å². The Labute approximate surface area is 72.3 Å². The molecule has 2 saturated carbocycles. The molecule has 12 heavy (non-hydrogen) atoms. The molecule has 3 nitrogen and oxygen atoms in total. The maximum Gasteiger partial charge on any atom is 0.319 e. The molecule has 3 unspecified atom stereocenters. The quantitative estimate of drug-likeness (QED) is 0.618. The lowest BCUT2D eigenvalue weighted by Gasteiger charge is -2.21. The number of nitrogens with two attached hydrogens (primary N) is 1. The van der Waals surface area contributed by atoms with Crippen LogP contribution in [-0.4, -0.2) is 18.6 Å². The van der Waals surface area contributed by atoms with E-state index in [1.807, 2.05) is 0 Å². The van der Waals surface area contributed by atoms with Gasteiger partial charge in [-0.3, -0.25) is 4.79 Å². The van der Waals surface area contributed by atoms with Crippen LogP contribution in [0.3, 0.4) is 0 Å². The fraction of sp³-hybridized carbons (Fsp3) is 0.889. The van der Waals surface area contributed by atoms with Gasteiger partial charge in [0.05, 0.1) is 6.54 Å². The first-order valence-electron chi connectivity index (χ1n) is 4.69. The number of rotatable bonds is 2. The Hall–Kier alpha value is -0.570. The van der Waals surface area contributed by atoms with E-state index in [4.69, 9.17) is 10.5 Å². The summed E-state index contributed by atoms with van der Waals surface area (Å²) in [4.78, 5) is 10.9. The predicted molar refractivity (Wildman–Crippen MR) is 44.4 cm³/mol. The van der Waals surface area contributed by atoms with Crippen molar-refractivity contribution < 1.29 is 9.53 Å². The van der Waals surface area contributed by atoms with Crippen LogP contribution in [0.4, 0.5) is 0 Å². The average molecular weight is 169 g/mol. The molecule has 2 N–H and O–H groups in total. The first kappa shape index (κ1) is 8.05. The number of esters is 1. The molecule has 2 aliphatic rings. The van der Waals surface area contributed by atoms with Gasteiger partial charge in [-0.25, -0.2) is 0 Å². The van der Waals surface area contributed by atoms with Crippen molar-refractivity contribution in [3.63, 3.8) is 0 Å². The molecule has 0 radical (unpaired) electrons. The van der Waals surface area contributed by atoms with Gasteiger partial charge in [0, 0.05) is 0 Å². The van der Waals surface area contributed by atoms with Crippen LogP contribution in [-0.2, 0) is 9.53 Å². The zero-order valence-corrected chi connectivity index (χ0v) is 7.16. The van der Waals surface area contributed by atoms with Crippen molar-refractivity contribution in [3.8, 4) is 0 Å². The van der Waals surface area contributed by atoms with E-state index in [1.165, 1.54) is 19.3 Å². The second-order valence-electron chi connectivity index (χ2n) is 3.91. The highest BCUT2D eigenvalue weighted by molar-refractivity contribution is 5.71. The summed E-state index contributed by atoms with van der Waals surface area (Å²) >= 11 is 0. The standard InChI is InChI=1S/C9H15NO2/c10-5-9(11)12-8-4-6-1-2-7(8)3-6/h6-8H,1-5,10H2. The minimum atomic E-state index is -0.243. The van der Waals surface area contributed by atoms with E-state index >= 15 is 0 Å². The monoisotopic (exact) mass is 169 g/mol. The number of hydrogen-bond donors (Lipinski definition) is 1. The van der Waals surface area contributed by atoms with Crippen LogP contribution in [0.15, 0.2) is 0 Å². The van der Waals surface area contributed by atoms with Gasteiger partial charge in [0.25, 0.3) is 0 Å². The Morgan fingerprint density at radius 1 is 1.42 bits per heavy atom. The van der Waals surface area contributed by atoms with Gasteiger partial charge in [-0.2, -0.15) is 0 Å². The smallest absolute Gasteiger partial charge is 0.319 e. The highest BCUT2D eigenvalue weighted by Gasteiger charge is 2.41. The third-order valence-electron chi connectivity index (χ3n) is 3.12. The van der Waals surface area contributed by atoms with Crippen molar-refractivity contribution in [2.24, 2.45) is 17.6 Å². The molecule has 3 heteroatoms. The Bertz CT molecular complexity index is 193. The molecule has 2 fully saturated rings. The highest BCUT2D eigenvalue weighted by atomic mass is 16.5. The molecule has 2 bridgehead atoms. The van der Waals surface area contributed by atoms with Crippen LogP contribution >= 0.6 is 0 Å². The van der Waals surface area contributed by atoms with Crippen LogP contribution in [0.2, 0.25) is 0 Å². The van der Waals surface area contributed by atoms with Crippen molar-refractivity contribution >= 4 is 5.97 Å². The largest absolute Gasteiger partial charge is 0.461 e. The minimum absolute atomic E-state index is 0.0217. The van der Waals surface area contributed by atoms with Crippen LogP contribution in [0.1, 0.15) is 25.7 Å². The van der Waals surface area contributed by atoms with Crippen LogP contribution in [0.5, 0.6) is 0 Å². The number of carbonyl (C=O) groups is 1. The predicted octanol–water partition coefficient (Wildman–Crippen LogP) is 0.677. The van der Waals surface area contributed by atoms with E-state index in [9.17, 15) is 4.79 Å². The van der Waals surface area contributed by atoms with Crippen molar-refractivity contribution in [1.82, 2.24) is 0 Å². The molecule has 0 amide bonds. The third-order valence-corrected chi connectivity index (χ3v) is 3.12. The first-order chi connectivity index (χ1) is 5.79. The van der Waals surface area contributed by atoms with E-state index in [0.29, 0.717) is 5.92 Å². The number of fused-ring (bicyclic) bond motifs is 2. The molecule has 0 aromatic heterocycles. The summed E-state index contributed by atoms with van der Waals surface area (Å²) < 4.78 is 5.23. The summed E-state index contributed by atoms with van der Waals surface area (Å²) in [6.07, 6.45) is 5.12. The Kier molecular flexibility index (Phi) is 2.05. The summed E-state index contributed by atoms with van der Waals surface area (Å²) in [5, 5.41) is 0. The Morgan fingerprint density at radius 3 is 2.75 bits per heavy atom. The van der Waals surface area contributed by atoms with E-state index in [2.05, 4.69) is 0 Å². The summed E-state index contributed by atoms with van der Waals surface area (Å²) in [6.45, 7) is 0.0217. The van der Waals surface area contributed by atoms with Gasteiger partial charge < -0.3 is 10.5 Å². The van der Waals surface area contributed by atoms with Crippen molar-refractivity contribution in [3.05, 3.63) is 0 Å². The molecular weight excluding hydrogens is 154 g/mol. The molecule has 0 saturated heterocycles. The van der Waals surface area contributed by atoms with Gasteiger partial charge >= 0.3 is 5.97 Å². The van der Waals surface area contributed by atoms with Gasteiger partial charge in [-0.05, 0) is 37.5 Å². The van der Waals surface area contributed by atoms with E-state index < -0.39 is 0 Å². The van der Waals surface area contributed by atoms with E-state index in [1.54, 1.807) is 0 Å². The fourth-order valence-corrected chi connectivity index (χ4v) is 2.55. The number of hydrogen-bond acceptors (Lipinski definition) is 3. The molecule has 0 spiro atoms. The topological polar surface area (TPSA) is 52.3 Å². The summed E-state index contributed by atoms with van der Waals surface area (Å²) in [6, 6.07) is 0. The highest BCUT2D eigenvalue weighted by Crippen LogP contribution is 2.45. The molecule has 2 rings (SSSR count). The molecular formula is C9H15NO2. The lowest BCUT2D eigenvalue weighted by molar-refractivity contribution is -0.149. The van der Waals surface area contributed by atoms with Gasteiger partial charge in [-0.15, -0.1) is 0 Å². The molecule has 2 aliphatic carbocycles. The fourth-order valence-electron chi connectivity index (χ4n) is 2.55. The van der Waals surface area contributed by atoms with Crippen molar-refractivity contribution in [2.75, 3.05) is 6.54 Å². The zero-order valence-electron chi connectivity index (χ0n) is 7.16. The van der Waals surface area contributed by atoms with Crippen molar-refractivity contribution in [2.45, 2.75) is 31.8 Å². The maximum absolute atomic E-state index is 10.9. The normalized spacial score (nSPS) is 38.6. The molecule has 0 heterocycles. The number of carbonyl (C=O) groups excluding carboxylic acids is 1. The summed E-state index contributed by atoms with van der Waals surface area (Å²) in [5.41, 5.74) is 5.17. The zero-order chi connectivity index (χ0) is 8.55. The summed E-state index contributed by atoms with van der Waals surface area (Å²) in [5.74, 6) is 1.23. The van der Waals surface area contributed by atoms with E-state index in [0.717, 1.165) is 12.3 Å². The molecule has 68 valence electrons. The van der Waals surface area contributed by atoms with Crippen LogP contribution in [0, 0.1) is 11.8 Å². The molecule has 3 atom stereocenters. The van der Waals surface area contributed by atoms with Crippen LogP contribution < -0.4 is 5.73 Å². The van der Waals surface area contributed by atoms with Gasteiger partial charge in [-0.1, -0.05) is 0 Å². The van der Waals surface area contributed by atoms with E-state index in [-0.39, 0.29) is 18.6 Å².